The summed E-state index contributed by atoms with van der Waals surface area (Å²) in [5.74, 6) is 0. The molecule has 0 saturated heterocycles. The zero-order valence-corrected chi connectivity index (χ0v) is 13.9. The molecule has 0 aliphatic heterocycles. The van der Waals surface area contributed by atoms with Gasteiger partial charge in [-0.1, -0.05) is 84.9 Å². The van der Waals surface area contributed by atoms with Crippen LogP contribution in [0.5, 0.6) is 0 Å². The maximum Gasteiger partial charge on any atom is 0.0375 e. The van der Waals surface area contributed by atoms with Gasteiger partial charge in [0, 0.05) is 11.7 Å². The van der Waals surface area contributed by atoms with Gasteiger partial charge in [0.15, 0.2) is 0 Å². The van der Waals surface area contributed by atoms with E-state index in [-0.39, 0.29) is 6.04 Å². The van der Waals surface area contributed by atoms with Crippen LogP contribution in [-0.2, 0) is 6.42 Å². The summed E-state index contributed by atoms with van der Waals surface area (Å²) in [6.45, 7) is 0. The van der Waals surface area contributed by atoms with E-state index in [2.05, 4.69) is 84.9 Å². The molecule has 0 bridgehead atoms. The minimum absolute atomic E-state index is 0.123. The van der Waals surface area contributed by atoms with Gasteiger partial charge >= 0.3 is 0 Å². The Bertz CT molecular complexity index is 746. The van der Waals surface area contributed by atoms with E-state index in [4.69, 9.17) is 5.73 Å². The number of nitrogens with two attached hydrogens (primary N) is 1. The van der Waals surface area contributed by atoms with Gasteiger partial charge in [-0.15, -0.1) is 0 Å². The molecule has 0 fully saturated rings. The summed E-state index contributed by atoms with van der Waals surface area (Å²) in [6.07, 6.45) is 1.08. The second kappa shape index (κ2) is 6.28. The molecule has 23 heavy (non-hydrogen) atoms. The minimum Gasteiger partial charge on any atom is -0.323 e. The number of rotatable bonds is 3. The van der Waals surface area contributed by atoms with E-state index in [1.807, 2.05) is 0 Å². The monoisotopic (exact) mass is 317 g/mol. The summed E-state index contributed by atoms with van der Waals surface area (Å²) in [5, 5.41) is 2.84. The minimum atomic E-state index is -0.463. The van der Waals surface area contributed by atoms with Crippen LogP contribution in [0.3, 0.4) is 0 Å². The molecule has 0 spiro atoms. The molecule has 114 valence electrons. The number of hydrogen-bond acceptors (Lipinski definition) is 1. The molecule has 2 heteroatoms. The molecular weight excluding hydrogens is 297 g/mol. The fraction of sp³-hybridized carbons (Fsp3) is 0.143. The topological polar surface area (TPSA) is 26.0 Å². The Balaban J connectivity index is 1.79. The van der Waals surface area contributed by atoms with Gasteiger partial charge in [0.1, 0.15) is 0 Å². The highest BCUT2D eigenvalue weighted by Crippen LogP contribution is 2.50. The lowest BCUT2D eigenvalue weighted by atomic mass is 10.1. The Kier molecular flexibility index (Phi) is 3.99. The van der Waals surface area contributed by atoms with Crippen molar-refractivity contribution in [1.29, 1.82) is 0 Å². The molecule has 0 unspecified atom stereocenters. The van der Waals surface area contributed by atoms with Crippen LogP contribution in [0, 0.1) is 0 Å². The third-order valence-electron chi connectivity index (χ3n) is 4.66. The van der Waals surface area contributed by atoms with E-state index < -0.39 is 7.92 Å². The number of fused-ring (bicyclic) bond motifs is 1. The van der Waals surface area contributed by atoms with Crippen molar-refractivity contribution in [3.8, 4) is 0 Å². The lowest BCUT2D eigenvalue weighted by molar-refractivity contribution is 0.726. The number of benzene rings is 3. The van der Waals surface area contributed by atoms with Crippen molar-refractivity contribution in [2.45, 2.75) is 18.1 Å². The van der Waals surface area contributed by atoms with Crippen LogP contribution in [0.4, 0.5) is 0 Å². The molecule has 2 N–H and O–H groups in total. The summed E-state index contributed by atoms with van der Waals surface area (Å²) in [7, 11) is -0.463. The molecule has 4 rings (SSSR count). The van der Waals surface area contributed by atoms with Crippen molar-refractivity contribution in [3.05, 3.63) is 96.1 Å². The Morgan fingerprint density at radius 3 is 1.78 bits per heavy atom. The van der Waals surface area contributed by atoms with Crippen molar-refractivity contribution in [3.63, 3.8) is 0 Å². The van der Waals surface area contributed by atoms with Crippen molar-refractivity contribution in [1.82, 2.24) is 0 Å². The van der Waals surface area contributed by atoms with E-state index in [1.165, 1.54) is 21.7 Å². The molecule has 0 radical (unpaired) electrons. The molecule has 2 atom stereocenters. The molecular formula is C21H20NP. The second-order valence-corrected chi connectivity index (χ2v) is 8.47. The fourth-order valence-corrected chi connectivity index (χ4v) is 6.48. The van der Waals surface area contributed by atoms with Crippen molar-refractivity contribution >= 4 is 18.5 Å². The summed E-state index contributed by atoms with van der Waals surface area (Å²) in [5.41, 5.74) is 9.90. The van der Waals surface area contributed by atoms with Crippen molar-refractivity contribution < 1.29 is 0 Å². The average molecular weight is 317 g/mol. The van der Waals surface area contributed by atoms with E-state index in [0.717, 1.165) is 6.42 Å². The van der Waals surface area contributed by atoms with Crippen LogP contribution in [0.15, 0.2) is 84.9 Å². The van der Waals surface area contributed by atoms with E-state index >= 15 is 0 Å². The first-order valence-corrected chi connectivity index (χ1v) is 9.48. The van der Waals surface area contributed by atoms with Gasteiger partial charge < -0.3 is 5.73 Å². The van der Waals surface area contributed by atoms with Gasteiger partial charge in [-0.2, -0.15) is 0 Å². The molecule has 3 aromatic carbocycles. The van der Waals surface area contributed by atoms with Gasteiger partial charge in [-0.05, 0) is 36.1 Å². The first-order valence-electron chi connectivity index (χ1n) is 8.07. The van der Waals surface area contributed by atoms with Gasteiger partial charge in [0.05, 0.1) is 0 Å². The summed E-state index contributed by atoms with van der Waals surface area (Å²) < 4.78 is 0. The smallest absolute Gasteiger partial charge is 0.0375 e. The normalized spacial score (nSPS) is 19.7. The van der Waals surface area contributed by atoms with Gasteiger partial charge in [-0.25, -0.2) is 0 Å². The first-order chi connectivity index (χ1) is 11.3. The van der Waals surface area contributed by atoms with Crippen LogP contribution in [0.1, 0.15) is 17.2 Å². The maximum atomic E-state index is 6.68. The average Bonchev–Trinajstić information content (AvgIpc) is 2.94. The molecule has 1 nitrogen and oxygen atoms in total. The zero-order valence-electron chi connectivity index (χ0n) is 13.0. The molecule has 1 aliphatic rings. The van der Waals surface area contributed by atoms with E-state index in [1.54, 1.807) is 0 Å². The SMILES string of the molecule is N[C@@H]1c2ccccc2C[C@H]1P(c1ccccc1)c1ccccc1. The van der Waals surface area contributed by atoms with E-state index in [0.29, 0.717) is 5.66 Å². The van der Waals surface area contributed by atoms with Gasteiger partial charge in [0.25, 0.3) is 0 Å². The molecule has 0 aromatic heterocycles. The molecule has 1 aliphatic carbocycles. The quantitative estimate of drug-likeness (QED) is 0.732. The first kappa shape index (κ1) is 14.6. The lowest BCUT2D eigenvalue weighted by Crippen LogP contribution is -2.28. The largest absolute Gasteiger partial charge is 0.323 e. The maximum absolute atomic E-state index is 6.68. The summed E-state index contributed by atoms with van der Waals surface area (Å²) >= 11 is 0. The van der Waals surface area contributed by atoms with Crippen LogP contribution in [-0.4, -0.2) is 5.66 Å². The summed E-state index contributed by atoms with van der Waals surface area (Å²) in [6, 6.07) is 30.6. The standard InChI is InChI=1S/C21H20NP/c22-21-19-14-8-7-9-16(19)15-20(21)23(17-10-3-1-4-11-17)18-12-5-2-6-13-18/h1-14,20-21H,15,22H2/t20-,21-/m1/s1. The van der Waals surface area contributed by atoms with Crippen LogP contribution < -0.4 is 16.3 Å². The Hall–Kier alpha value is -1.95. The molecule has 0 amide bonds. The lowest BCUT2D eigenvalue weighted by Gasteiger charge is -2.28. The Morgan fingerprint density at radius 2 is 1.22 bits per heavy atom. The highest BCUT2D eigenvalue weighted by Gasteiger charge is 2.36. The predicted octanol–water partition coefficient (Wildman–Crippen LogP) is 3.74. The van der Waals surface area contributed by atoms with Crippen LogP contribution >= 0.6 is 7.92 Å². The van der Waals surface area contributed by atoms with Gasteiger partial charge in [-0.3, -0.25) is 0 Å². The third kappa shape index (κ3) is 2.72. The van der Waals surface area contributed by atoms with Crippen LogP contribution in [0.2, 0.25) is 0 Å². The molecule has 0 heterocycles. The predicted molar refractivity (Wildman–Crippen MR) is 99.9 cm³/mol. The zero-order chi connectivity index (χ0) is 15.6. The second-order valence-electron chi connectivity index (χ2n) is 6.04. The van der Waals surface area contributed by atoms with Crippen molar-refractivity contribution in [2.24, 2.45) is 5.73 Å². The van der Waals surface area contributed by atoms with E-state index in [9.17, 15) is 0 Å². The van der Waals surface area contributed by atoms with Gasteiger partial charge in [0.2, 0.25) is 0 Å². The third-order valence-corrected chi connectivity index (χ3v) is 7.53. The van der Waals surface area contributed by atoms with Crippen LogP contribution in [0.25, 0.3) is 0 Å². The summed E-state index contributed by atoms with van der Waals surface area (Å²) in [4.78, 5) is 0. The van der Waals surface area contributed by atoms with Crippen molar-refractivity contribution in [2.75, 3.05) is 0 Å². The number of hydrogen-bond donors (Lipinski definition) is 1. The Morgan fingerprint density at radius 1 is 0.696 bits per heavy atom. The fourth-order valence-electron chi connectivity index (χ4n) is 3.57. The molecule has 3 aromatic rings. The molecule has 0 saturated carbocycles. The highest BCUT2D eigenvalue weighted by molar-refractivity contribution is 7.73. The highest BCUT2D eigenvalue weighted by atomic mass is 31.1. The Labute approximate surface area is 138 Å².